The van der Waals surface area contributed by atoms with Gasteiger partial charge in [0.1, 0.15) is 6.33 Å². The summed E-state index contributed by atoms with van der Waals surface area (Å²) in [6.07, 6.45) is 1.68. The van der Waals surface area contributed by atoms with Crippen molar-refractivity contribution in [2.24, 2.45) is 0 Å². The van der Waals surface area contributed by atoms with Crippen molar-refractivity contribution in [3.05, 3.63) is 66.0 Å². The minimum atomic E-state index is 0.574. The van der Waals surface area contributed by atoms with E-state index in [1.807, 2.05) is 42.5 Å². The molecule has 2 aromatic carbocycles. The van der Waals surface area contributed by atoms with Crippen molar-refractivity contribution in [3.8, 4) is 17.5 Å². The number of nitrogen functional groups attached to an aromatic ring is 1. The van der Waals surface area contributed by atoms with Gasteiger partial charge in [0.15, 0.2) is 5.82 Å². The third-order valence-electron chi connectivity index (χ3n) is 3.08. The highest BCUT2D eigenvalue weighted by molar-refractivity contribution is 5.60. The van der Waals surface area contributed by atoms with Crippen molar-refractivity contribution in [2.75, 3.05) is 5.73 Å². The van der Waals surface area contributed by atoms with E-state index in [0.717, 1.165) is 11.1 Å². The molecule has 102 valence electrons. The molecule has 0 aliphatic rings. The summed E-state index contributed by atoms with van der Waals surface area (Å²) in [4.78, 5) is 4.30. The molecule has 0 radical (unpaired) electrons. The minimum Gasteiger partial charge on any atom is -0.399 e. The molecular weight excluding hydrogens is 262 g/mol. The van der Waals surface area contributed by atoms with E-state index in [2.05, 4.69) is 16.2 Å². The molecule has 0 spiro atoms. The predicted molar refractivity (Wildman–Crippen MR) is 80.1 cm³/mol. The van der Waals surface area contributed by atoms with Crippen LogP contribution in [0.1, 0.15) is 11.1 Å². The summed E-state index contributed by atoms with van der Waals surface area (Å²) in [5.41, 5.74) is 8.99. The van der Waals surface area contributed by atoms with Gasteiger partial charge in [-0.1, -0.05) is 24.3 Å². The van der Waals surface area contributed by atoms with Gasteiger partial charge in [-0.25, -0.2) is 9.67 Å². The Morgan fingerprint density at radius 1 is 1.14 bits per heavy atom. The topological polar surface area (TPSA) is 80.5 Å². The summed E-state index contributed by atoms with van der Waals surface area (Å²) in [6, 6.07) is 17.1. The van der Waals surface area contributed by atoms with Crippen LogP contribution in [0.25, 0.3) is 11.4 Å². The molecule has 0 amide bonds. The summed E-state index contributed by atoms with van der Waals surface area (Å²) >= 11 is 0. The van der Waals surface area contributed by atoms with Crippen LogP contribution < -0.4 is 5.73 Å². The van der Waals surface area contributed by atoms with Crippen LogP contribution in [0.3, 0.4) is 0 Å². The van der Waals surface area contributed by atoms with E-state index in [1.165, 1.54) is 0 Å². The molecule has 3 aromatic rings. The summed E-state index contributed by atoms with van der Waals surface area (Å²) in [6.45, 7) is 0.574. The number of hydrogen-bond donors (Lipinski definition) is 1. The van der Waals surface area contributed by atoms with Gasteiger partial charge in [-0.2, -0.15) is 10.4 Å². The Balaban J connectivity index is 1.84. The lowest BCUT2D eigenvalue weighted by atomic mass is 10.1. The minimum absolute atomic E-state index is 0.574. The SMILES string of the molecule is N#Cc1cccc(Cn2cnc(-c3cccc(N)c3)n2)c1. The highest BCUT2D eigenvalue weighted by Crippen LogP contribution is 2.17. The zero-order valence-electron chi connectivity index (χ0n) is 11.3. The van der Waals surface area contributed by atoms with Crippen LogP contribution >= 0.6 is 0 Å². The molecule has 0 bridgehead atoms. The van der Waals surface area contributed by atoms with Crippen LogP contribution in [0.5, 0.6) is 0 Å². The fraction of sp³-hybridized carbons (Fsp3) is 0.0625. The summed E-state index contributed by atoms with van der Waals surface area (Å²) < 4.78 is 1.75. The first-order chi connectivity index (χ1) is 10.2. The van der Waals surface area contributed by atoms with Crippen LogP contribution in [0, 0.1) is 11.3 Å². The summed E-state index contributed by atoms with van der Waals surface area (Å²) in [5.74, 6) is 0.638. The van der Waals surface area contributed by atoms with Gasteiger partial charge in [0.25, 0.3) is 0 Å². The number of hydrogen-bond acceptors (Lipinski definition) is 4. The lowest BCUT2D eigenvalue weighted by molar-refractivity contribution is 0.687. The molecule has 0 saturated heterocycles. The fourth-order valence-corrected chi connectivity index (χ4v) is 2.11. The number of nitrogens with zero attached hydrogens (tertiary/aromatic N) is 4. The molecule has 0 unspecified atom stereocenters. The second kappa shape index (κ2) is 5.47. The van der Waals surface area contributed by atoms with Gasteiger partial charge in [-0.3, -0.25) is 0 Å². The Morgan fingerprint density at radius 2 is 2.00 bits per heavy atom. The summed E-state index contributed by atoms with van der Waals surface area (Å²) in [5, 5.41) is 13.3. The Bertz CT molecular complexity index is 813. The van der Waals surface area contributed by atoms with Gasteiger partial charge in [-0.15, -0.1) is 0 Å². The Labute approximate surface area is 122 Å². The molecule has 0 atom stereocenters. The molecule has 1 aromatic heterocycles. The average molecular weight is 275 g/mol. The van der Waals surface area contributed by atoms with E-state index in [1.54, 1.807) is 17.1 Å². The van der Waals surface area contributed by atoms with E-state index < -0.39 is 0 Å². The average Bonchev–Trinajstić information content (AvgIpc) is 2.96. The van der Waals surface area contributed by atoms with Crippen LogP contribution in [0.2, 0.25) is 0 Å². The quantitative estimate of drug-likeness (QED) is 0.744. The van der Waals surface area contributed by atoms with Crippen molar-refractivity contribution in [1.29, 1.82) is 5.26 Å². The van der Waals surface area contributed by atoms with Crippen molar-refractivity contribution < 1.29 is 0 Å². The van der Waals surface area contributed by atoms with Gasteiger partial charge in [0.05, 0.1) is 18.2 Å². The van der Waals surface area contributed by atoms with Crippen molar-refractivity contribution >= 4 is 5.69 Å². The van der Waals surface area contributed by atoms with Crippen LogP contribution in [0.4, 0.5) is 5.69 Å². The van der Waals surface area contributed by atoms with Gasteiger partial charge in [-0.05, 0) is 29.8 Å². The third kappa shape index (κ3) is 2.90. The first kappa shape index (κ1) is 12.9. The number of rotatable bonds is 3. The monoisotopic (exact) mass is 275 g/mol. The molecule has 0 saturated carbocycles. The van der Waals surface area contributed by atoms with Gasteiger partial charge >= 0.3 is 0 Å². The maximum absolute atomic E-state index is 8.91. The highest BCUT2D eigenvalue weighted by atomic mass is 15.3. The molecule has 3 rings (SSSR count). The van der Waals surface area contributed by atoms with E-state index >= 15 is 0 Å². The smallest absolute Gasteiger partial charge is 0.181 e. The highest BCUT2D eigenvalue weighted by Gasteiger charge is 2.05. The lowest BCUT2D eigenvalue weighted by Gasteiger charge is -2.01. The predicted octanol–water partition coefficient (Wildman–Crippen LogP) is 2.45. The molecular formula is C16H13N5. The van der Waals surface area contributed by atoms with Gasteiger partial charge in [0, 0.05) is 11.3 Å². The zero-order valence-corrected chi connectivity index (χ0v) is 11.3. The standard InChI is InChI=1S/C16H13N5/c17-9-12-3-1-4-13(7-12)10-21-11-19-16(20-21)14-5-2-6-15(18)8-14/h1-8,11H,10,18H2. The van der Waals surface area contributed by atoms with E-state index in [-0.39, 0.29) is 0 Å². The summed E-state index contributed by atoms with van der Waals surface area (Å²) in [7, 11) is 0. The fourth-order valence-electron chi connectivity index (χ4n) is 2.11. The van der Waals surface area contributed by atoms with E-state index in [9.17, 15) is 0 Å². The molecule has 1 heterocycles. The van der Waals surface area contributed by atoms with Crippen molar-refractivity contribution in [2.45, 2.75) is 6.54 Å². The molecule has 0 fully saturated rings. The van der Waals surface area contributed by atoms with Crippen LogP contribution in [-0.2, 0) is 6.54 Å². The number of nitrogens with two attached hydrogens (primary N) is 1. The largest absolute Gasteiger partial charge is 0.399 e. The Hall–Kier alpha value is -3.13. The molecule has 5 heteroatoms. The third-order valence-corrected chi connectivity index (χ3v) is 3.08. The second-order valence-electron chi connectivity index (χ2n) is 4.70. The van der Waals surface area contributed by atoms with Crippen LogP contribution in [-0.4, -0.2) is 14.8 Å². The van der Waals surface area contributed by atoms with Crippen LogP contribution in [0.15, 0.2) is 54.9 Å². The van der Waals surface area contributed by atoms with Crippen molar-refractivity contribution in [3.63, 3.8) is 0 Å². The number of benzene rings is 2. The number of aromatic nitrogens is 3. The lowest BCUT2D eigenvalue weighted by Crippen LogP contribution is -2.00. The number of anilines is 1. The van der Waals surface area contributed by atoms with E-state index in [4.69, 9.17) is 11.0 Å². The zero-order chi connectivity index (χ0) is 14.7. The van der Waals surface area contributed by atoms with Crippen molar-refractivity contribution in [1.82, 2.24) is 14.8 Å². The first-order valence-electron chi connectivity index (χ1n) is 6.49. The molecule has 5 nitrogen and oxygen atoms in total. The van der Waals surface area contributed by atoms with E-state index in [0.29, 0.717) is 23.6 Å². The van der Waals surface area contributed by atoms with Gasteiger partial charge in [0.2, 0.25) is 0 Å². The Kier molecular flexibility index (Phi) is 3.36. The number of nitriles is 1. The second-order valence-corrected chi connectivity index (χ2v) is 4.70. The Morgan fingerprint density at radius 3 is 2.81 bits per heavy atom. The maximum Gasteiger partial charge on any atom is 0.181 e. The molecule has 21 heavy (non-hydrogen) atoms. The maximum atomic E-state index is 8.91. The first-order valence-corrected chi connectivity index (χ1v) is 6.49. The normalized spacial score (nSPS) is 10.2. The van der Waals surface area contributed by atoms with Gasteiger partial charge < -0.3 is 5.73 Å². The molecule has 0 aliphatic carbocycles. The molecule has 2 N–H and O–H groups in total. The molecule has 0 aliphatic heterocycles.